The van der Waals surface area contributed by atoms with Crippen molar-refractivity contribution in [3.63, 3.8) is 0 Å². The summed E-state index contributed by atoms with van der Waals surface area (Å²) in [5, 5.41) is 13.4. The molecule has 17 heavy (non-hydrogen) atoms. The standard InChI is InChI=1S/C10H11N5O.ClH/c16-15-9-4-2-1-3-8(9)7-14(13-15)10-11-5-6-12-10;/h1-6,13,15H,7H2,(H,11,12);1H/p-1. The second kappa shape index (κ2) is 4.72. The lowest BCUT2D eigenvalue weighted by molar-refractivity contribution is -0.833. The first-order chi connectivity index (χ1) is 7.84. The van der Waals surface area contributed by atoms with Gasteiger partial charge in [-0.15, -0.1) is 0 Å². The Labute approximate surface area is 104 Å². The highest BCUT2D eigenvalue weighted by Crippen LogP contribution is 2.17. The molecule has 0 spiro atoms. The van der Waals surface area contributed by atoms with Crippen molar-refractivity contribution in [3.8, 4) is 0 Å². The molecular formula is C10H11ClN5O-. The lowest BCUT2D eigenvalue weighted by atomic mass is 10.1. The fourth-order valence-electron chi connectivity index (χ4n) is 1.80. The smallest absolute Gasteiger partial charge is 0.221 e. The normalized spacial score (nSPS) is 18.4. The molecule has 1 aliphatic rings. The molecule has 0 amide bonds. The predicted molar refractivity (Wildman–Crippen MR) is 58.3 cm³/mol. The third-order valence-corrected chi connectivity index (χ3v) is 2.57. The second-order valence-corrected chi connectivity index (χ2v) is 3.60. The lowest BCUT2D eigenvalue weighted by Gasteiger charge is -2.35. The van der Waals surface area contributed by atoms with E-state index in [9.17, 15) is 5.21 Å². The number of hydrazine groups is 1. The highest BCUT2D eigenvalue weighted by atomic mass is 35.5. The number of fused-ring (bicyclic) bond motifs is 1. The number of imidazole rings is 1. The Kier molecular flexibility index (Phi) is 3.30. The maximum absolute atomic E-state index is 11.8. The van der Waals surface area contributed by atoms with Gasteiger partial charge < -0.3 is 22.6 Å². The van der Waals surface area contributed by atoms with E-state index in [4.69, 9.17) is 0 Å². The summed E-state index contributed by atoms with van der Waals surface area (Å²) in [6, 6.07) is 7.56. The molecule has 90 valence electrons. The number of anilines is 1. The zero-order valence-corrected chi connectivity index (χ0v) is 9.61. The van der Waals surface area contributed by atoms with Gasteiger partial charge in [-0.2, -0.15) is 0 Å². The van der Waals surface area contributed by atoms with Crippen LogP contribution in [0.25, 0.3) is 0 Å². The zero-order chi connectivity index (χ0) is 11.0. The third kappa shape index (κ3) is 2.11. The number of benzene rings is 1. The molecular weight excluding hydrogens is 242 g/mol. The molecule has 2 heterocycles. The van der Waals surface area contributed by atoms with Crippen molar-refractivity contribution in [3.05, 3.63) is 47.4 Å². The predicted octanol–water partition coefficient (Wildman–Crippen LogP) is -3.13. The Balaban J connectivity index is 0.00000108. The van der Waals surface area contributed by atoms with E-state index in [-0.39, 0.29) is 17.6 Å². The van der Waals surface area contributed by atoms with Gasteiger partial charge in [0.15, 0.2) is 5.69 Å². The Morgan fingerprint density at radius 1 is 1.35 bits per heavy atom. The summed E-state index contributed by atoms with van der Waals surface area (Å²) in [5.74, 6) is 0.642. The summed E-state index contributed by atoms with van der Waals surface area (Å²) in [7, 11) is 0. The minimum absolute atomic E-state index is 0. The van der Waals surface area contributed by atoms with Crippen LogP contribution >= 0.6 is 0 Å². The van der Waals surface area contributed by atoms with Gasteiger partial charge in [0.25, 0.3) is 0 Å². The first-order valence-corrected chi connectivity index (χ1v) is 5.00. The maximum Gasteiger partial charge on any atom is 0.221 e. The topological polar surface area (TPSA) is 71.5 Å². The lowest BCUT2D eigenvalue weighted by Crippen LogP contribution is -3.13. The summed E-state index contributed by atoms with van der Waals surface area (Å²) >= 11 is 0. The SMILES string of the molecule is [Cl-].[O-][NH+]1NN(c2ncc[nH]2)Cc2ccccc21. The molecule has 3 rings (SSSR count). The molecule has 0 saturated carbocycles. The molecule has 1 aromatic carbocycles. The molecule has 6 nitrogen and oxygen atoms in total. The minimum Gasteiger partial charge on any atom is -1.00 e. The highest BCUT2D eigenvalue weighted by molar-refractivity contribution is 5.44. The van der Waals surface area contributed by atoms with Gasteiger partial charge in [-0.05, 0) is 0 Å². The van der Waals surface area contributed by atoms with E-state index in [0.717, 1.165) is 11.3 Å². The molecule has 0 bridgehead atoms. The summed E-state index contributed by atoms with van der Waals surface area (Å²) in [5.41, 5.74) is 4.51. The van der Waals surface area contributed by atoms with E-state index in [1.807, 2.05) is 24.3 Å². The first-order valence-electron chi connectivity index (χ1n) is 5.00. The summed E-state index contributed by atoms with van der Waals surface area (Å²) < 4.78 is 0. The molecule has 0 radical (unpaired) electrons. The van der Waals surface area contributed by atoms with Gasteiger partial charge in [0.2, 0.25) is 5.95 Å². The van der Waals surface area contributed by atoms with Crippen LogP contribution in [0.1, 0.15) is 5.56 Å². The number of hydrogen-bond acceptors (Lipinski definition) is 4. The Bertz CT molecular complexity index is 489. The van der Waals surface area contributed by atoms with Gasteiger partial charge in [-0.3, -0.25) is 0 Å². The number of aromatic amines is 1. The van der Waals surface area contributed by atoms with Crippen molar-refractivity contribution < 1.29 is 17.6 Å². The van der Waals surface area contributed by atoms with Gasteiger partial charge in [0.1, 0.15) is 0 Å². The number of nitrogens with zero attached hydrogens (tertiary/aromatic N) is 2. The van der Waals surface area contributed by atoms with E-state index < -0.39 is 0 Å². The number of H-pyrrole nitrogens is 1. The third-order valence-electron chi connectivity index (χ3n) is 2.57. The molecule has 1 unspecified atom stereocenters. The molecule has 0 fully saturated rings. The average Bonchev–Trinajstić information content (AvgIpc) is 2.82. The van der Waals surface area contributed by atoms with Crippen molar-refractivity contribution in [1.29, 1.82) is 0 Å². The molecule has 1 atom stereocenters. The van der Waals surface area contributed by atoms with Crippen LogP contribution in [0.2, 0.25) is 0 Å². The molecule has 0 saturated heterocycles. The van der Waals surface area contributed by atoms with Crippen molar-refractivity contribution in [2.24, 2.45) is 0 Å². The van der Waals surface area contributed by atoms with Crippen LogP contribution in [0, 0.1) is 5.21 Å². The summed E-state index contributed by atoms with van der Waals surface area (Å²) in [6.45, 7) is 0.620. The van der Waals surface area contributed by atoms with Crippen LogP contribution in [-0.4, -0.2) is 9.97 Å². The number of nitrogens with one attached hydrogen (secondary N) is 3. The quantitative estimate of drug-likeness (QED) is 0.470. The minimum atomic E-state index is -0.0988. The molecule has 1 aromatic heterocycles. The van der Waals surface area contributed by atoms with Crippen LogP contribution in [-0.2, 0) is 6.54 Å². The van der Waals surface area contributed by atoms with Crippen molar-refractivity contribution >= 4 is 11.6 Å². The second-order valence-electron chi connectivity index (χ2n) is 3.60. The molecule has 1 aliphatic heterocycles. The Morgan fingerprint density at radius 3 is 2.94 bits per heavy atom. The monoisotopic (exact) mass is 252 g/mol. The van der Waals surface area contributed by atoms with Crippen molar-refractivity contribution in [1.82, 2.24) is 15.5 Å². The average molecular weight is 253 g/mol. The highest BCUT2D eigenvalue weighted by Gasteiger charge is 2.23. The van der Waals surface area contributed by atoms with Gasteiger partial charge in [-0.25, -0.2) is 15.2 Å². The van der Waals surface area contributed by atoms with Crippen molar-refractivity contribution in [2.45, 2.75) is 6.54 Å². The van der Waals surface area contributed by atoms with E-state index in [2.05, 4.69) is 15.5 Å². The molecule has 0 aliphatic carbocycles. The Morgan fingerprint density at radius 2 is 2.18 bits per heavy atom. The van der Waals surface area contributed by atoms with E-state index in [0.29, 0.717) is 12.5 Å². The van der Waals surface area contributed by atoms with Gasteiger partial charge >= 0.3 is 0 Å². The van der Waals surface area contributed by atoms with E-state index in [1.54, 1.807) is 17.4 Å². The van der Waals surface area contributed by atoms with Crippen molar-refractivity contribution in [2.75, 3.05) is 5.01 Å². The van der Waals surface area contributed by atoms with Gasteiger partial charge in [-0.1, -0.05) is 23.7 Å². The number of hydrogen-bond donors (Lipinski definition) is 3. The van der Waals surface area contributed by atoms with Crippen LogP contribution in [0.4, 0.5) is 11.6 Å². The van der Waals surface area contributed by atoms with Crippen LogP contribution < -0.4 is 28.1 Å². The number of halogens is 1. The fourth-order valence-corrected chi connectivity index (χ4v) is 1.80. The van der Waals surface area contributed by atoms with E-state index >= 15 is 0 Å². The number of para-hydroxylation sites is 1. The molecule has 3 N–H and O–H groups in total. The maximum atomic E-state index is 11.8. The number of quaternary nitrogens is 1. The zero-order valence-electron chi connectivity index (χ0n) is 8.85. The fraction of sp³-hybridized carbons (Fsp3) is 0.100. The first kappa shape index (κ1) is 11.9. The van der Waals surface area contributed by atoms with Gasteiger partial charge in [0.05, 0.1) is 6.54 Å². The molecule has 7 heteroatoms. The molecule has 2 aromatic rings. The van der Waals surface area contributed by atoms with Crippen LogP contribution in [0.15, 0.2) is 36.7 Å². The number of rotatable bonds is 1. The summed E-state index contributed by atoms with van der Waals surface area (Å²) in [4.78, 5) is 7.06. The van der Waals surface area contributed by atoms with E-state index in [1.165, 1.54) is 0 Å². The largest absolute Gasteiger partial charge is 1.00 e. The van der Waals surface area contributed by atoms with Crippen LogP contribution in [0.5, 0.6) is 0 Å². The number of aromatic nitrogens is 2. The summed E-state index contributed by atoms with van der Waals surface area (Å²) in [6.07, 6.45) is 3.38. The van der Waals surface area contributed by atoms with Crippen LogP contribution in [0.3, 0.4) is 0 Å². The van der Waals surface area contributed by atoms with Gasteiger partial charge in [0, 0.05) is 24.0 Å². The Hall–Kier alpha value is -1.60.